The van der Waals surface area contributed by atoms with Gasteiger partial charge >= 0.3 is 0 Å². The molecule has 4 N–H and O–H groups in total. The van der Waals surface area contributed by atoms with Crippen LogP contribution in [0.25, 0.3) is 5.95 Å². The summed E-state index contributed by atoms with van der Waals surface area (Å²) in [5.74, 6) is 0.791. The first kappa shape index (κ1) is 14.7. The van der Waals surface area contributed by atoms with E-state index in [0.29, 0.717) is 24.4 Å². The van der Waals surface area contributed by atoms with Crippen molar-refractivity contribution < 1.29 is 4.79 Å². The molecule has 0 bridgehead atoms. The second-order valence-electron chi connectivity index (χ2n) is 5.10. The smallest absolute Gasteiger partial charge is 0.241 e. The van der Waals surface area contributed by atoms with Gasteiger partial charge in [-0.15, -0.1) is 0 Å². The summed E-state index contributed by atoms with van der Waals surface area (Å²) < 4.78 is 1.66. The summed E-state index contributed by atoms with van der Waals surface area (Å²) in [5, 5.41) is 5.87. The summed E-state index contributed by atoms with van der Waals surface area (Å²) in [7, 11) is 1.71. The Balaban J connectivity index is 2.24. The van der Waals surface area contributed by atoms with Crippen molar-refractivity contribution in [1.29, 1.82) is 0 Å². The molecule has 2 aromatic rings. The number of imidazole rings is 1. The van der Waals surface area contributed by atoms with Crippen LogP contribution in [0.1, 0.15) is 13.8 Å². The predicted molar refractivity (Wildman–Crippen MR) is 78.0 cm³/mol. The van der Waals surface area contributed by atoms with Gasteiger partial charge in [-0.25, -0.2) is 4.98 Å². The van der Waals surface area contributed by atoms with E-state index in [1.54, 1.807) is 44.2 Å². The van der Waals surface area contributed by atoms with Gasteiger partial charge in [-0.3, -0.25) is 9.36 Å². The zero-order chi connectivity index (χ0) is 15.5. The van der Waals surface area contributed by atoms with Crippen molar-refractivity contribution in [3.8, 4) is 5.95 Å². The van der Waals surface area contributed by atoms with Crippen LogP contribution in [0.3, 0.4) is 0 Å². The maximum Gasteiger partial charge on any atom is 0.241 e. The highest BCUT2D eigenvalue weighted by Gasteiger charge is 2.25. The fraction of sp³-hybridized carbons (Fsp3) is 0.417. The van der Waals surface area contributed by atoms with E-state index >= 15 is 0 Å². The number of nitrogens with one attached hydrogen (secondary N) is 2. The maximum absolute atomic E-state index is 11.3. The fourth-order valence-electron chi connectivity index (χ4n) is 1.44. The third-order valence-electron chi connectivity index (χ3n) is 2.94. The van der Waals surface area contributed by atoms with E-state index in [1.807, 2.05) is 0 Å². The monoisotopic (exact) mass is 290 g/mol. The van der Waals surface area contributed by atoms with Gasteiger partial charge in [0.2, 0.25) is 23.8 Å². The number of hydrogen-bond acceptors (Lipinski definition) is 7. The molecule has 2 rings (SSSR count). The molecule has 0 spiro atoms. The van der Waals surface area contributed by atoms with Gasteiger partial charge in [-0.05, 0) is 13.8 Å². The van der Waals surface area contributed by atoms with E-state index in [4.69, 9.17) is 5.73 Å². The average Bonchev–Trinajstić information content (AvgIpc) is 2.99. The quantitative estimate of drug-likeness (QED) is 0.685. The topological polar surface area (TPSA) is 124 Å². The molecule has 9 heteroatoms. The van der Waals surface area contributed by atoms with Crippen LogP contribution in [0.5, 0.6) is 0 Å². The normalized spacial score (nSPS) is 11.2. The Morgan fingerprint density at radius 2 is 2.05 bits per heavy atom. The van der Waals surface area contributed by atoms with Crippen molar-refractivity contribution in [2.24, 2.45) is 11.1 Å². The maximum atomic E-state index is 11.3. The Morgan fingerprint density at radius 3 is 2.62 bits per heavy atom. The lowest BCUT2D eigenvalue weighted by Gasteiger charge is -2.20. The molecule has 0 aromatic carbocycles. The second-order valence-corrected chi connectivity index (χ2v) is 5.10. The van der Waals surface area contributed by atoms with Crippen LogP contribution in [-0.4, -0.2) is 44.0 Å². The van der Waals surface area contributed by atoms with Crippen LogP contribution < -0.4 is 16.4 Å². The van der Waals surface area contributed by atoms with Crippen LogP contribution >= 0.6 is 0 Å². The van der Waals surface area contributed by atoms with E-state index in [1.165, 1.54) is 0 Å². The molecule has 0 aliphatic heterocycles. The summed E-state index contributed by atoms with van der Waals surface area (Å²) >= 11 is 0. The number of nitrogens with two attached hydrogens (primary N) is 1. The molecule has 0 atom stereocenters. The predicted octanol–water partition coefficient (Wildman–Crippen LogP) is 0.0224. The highest BCUT2D eigenvalue weighted by molar-refractivity contribution is 5.80. The Kier molecular flexibility index (Phi) is 4.01. The molecule has 0 saturated carbocycles. The van der Waals surface area contributed by atoms with Crippen molar-refractivity contribution in [3.63, 3.8) is 0 Å². The molecule has 21 heavy (non-hydrogen) atoms. The molecule has 0 saturated heterocycles. The summed E-state index contributed by atoms with van der Waals surface area (Å²) in [6, 6.07) is 0. The highest BCUT2D eigenvalue weighted by atomic mass is 16.1. The number of rotatable bonds is 6. The van der Waals surface area contributed by atoms with E-state index in [9.17, 15) is 4.79 Å². The first-order valence-corrected chi connectivity index (χ1v) is 6.38. The van der Waals surface area contributed by atoms with Gasteiger partial charge in [0.25, 0.3) is 0 Å². The van der Waals surface area contributed by atoms with Crippen LogP contribution in [0.15, 0.2) is 18.7 Å². The molecule has 0 radical (unpaired) electrons. The van der Waals surface area contributed by atoms with E-state index in [2.05, 4.69) is 30.6 Å². The number of carbonyl (C=O) groups is 1. The SMILES string of the molecule is CNc1nc(NCC(C)(C)C(N)=O)nc(-n2ccnc2)n1. The van der Waals surface area contributed by atoms with E-state index in [0.717, 1.165) is 0 Å². The van der Waals surface area contributed by atoms with Crippen LogP contribution in [-0.2, 0) is 4.79 Å². The molecule has 0 aliphatic rings. The van der Waals surface area contributed by atoms with Crippen molar-refractivity contribution in [2.45, 2.75) is 13.8 Å². The lowest BCUT2D eigenvalue weighted by atomic mass is 9.93. The van der Waals surface area contributed by atoms with Crippen molar-refractivity contribution in [3.05, 3.63) is 18.7 Å². The Morgan fingerprint density at radius 1 is 1.33 bits per heavy atom. The second kappa shape index (κ2) is 5.73. The summed E-state index contributed by atoms with van der Waals surface area (Å²) in [5.41, 5.74) is 4.63. The van der Waals surface area contributed by atoms with Crippen LogP contribution in [0.2, 0.25) is 0 Å². The molecule has 0 unspecified atom stereocenters. The van der Waals surface area contributed by atoms with Gasteiger partial charge in [-0.1, -0.05) is 0 Å². The number of amides is 1. The summed E-state index contributed by atoms with van der Waals surface area (Å²) in [6.07, 6.45) is 4.95. The zero-order valence-electron chi connectivity index (χ0n) is 12.2. The molecule has 112 valence electrons. The fourth-order valence-corrected chi connectivity index (χ4v) is 1.44. The number of primary amides is 1. The van der Waals surface area contributed by atoms with Crippen LogP contribution in [0.4, 0.5) is 11.9 Å². The molecule has 2 heterocycles. The van der Waals surface area contributed by atoms with Gasteiger partial charge in [0, 0.05) is 26.0 Å². The Labute approximate surface area is 122 Å². The van der Waals surface area contributed by atoms with Gasteiger partial charge < -0.3 is 16.4 Å². The molecule has 0 fully saturated rings. The minimum Gasteiger partial charge on any atom is -0.369 e. The zero-order valence-corrected chi connectivity index (χ0v) is 12.2. The van der Waals surface area contributed by atoms with Gasteiger partial charge in [0.05, 0.1) is 5.41 Å². The lowest BCUT2D eigenvalue weighted by Crippen LogP contribution is -2.37. The van der Waals surface area contributed by atoms with Crippen molar-refractivity contribution in [2.75, 3.05) is 24.2 Å². The minimum absolute atomic E-state index is 0.318. The van der Waals surface area contributed by atoms with Crippen molar-refractivity contribution >= 4 is 17.8 Å². The highest BCUT2D eigenvalue weighted by Crippen LogP contribution is 2.15. The molecular formula is C12H18N8O. The third kappa shape index (κ3) is 3.44. The molecule has 1 amide bonds. The summed E-state index contributed by atoms with van der Waals surface area (Å²) in [6.45, 7) is 3.82. The molecular weight excluding hydrogens is 272 g/mol. The largest absolute Gasteiger partial charge is 0.369 e. The Hall–Kier alpha value is -2.71. The Bertz CT molecular complexity index is 622. The average molecular weight is 290 g/mol. The number of nitrogens with zero attached hydrogens (tertiary/aromatic N) is 5. The number of anilines is 2. The third-order valence-corrected chi connectivity index (χ3v) is 2.94. The number of aromatic nitrogens is 5. The van der Waals surface area contributed by atoms with Gasteiger partial charge in [-0.2, -0.15) is 15.0 Å². The van der Waals surface area contributed by atoms with Gasteiger partial charge in [0.1, 0.15) is 6.33 Å². The lowest BCUT2D eigenvalue weighted by molar-refractivity contribution is -0.125. The first-order valence-electron chi connectivity index (χ1n) is 6.38. The van der Waals surface area contributed by atoms with Crippen LogP contribution in [0, 0.1) is 5.41 Å². The molecule has 0 aliphatic carbocycles. The molecule has 9 nitrogen and oxygen atoms in total. The minimum atomic E-state index is -0.707. The van der Waals surface area contributed by atoms with E-state index < -0.39 is 11.3 Å². The van der Waals surface area contributed by atoms with Gasteiger partial charge in [0.15, 0.2) is 0 Å². The first-order chi connectivity index (χ1) is 9.92. The van der Waals surface area contributed by atoms with Crippen molar-refractivity contribution in [1.82, 2.24) is 24.5 Å². The number of carbonyl (C=O) groups excluding carboxylic acids is 1. The summed E-state index contributed by atoms with van der Waals surface area (Å²) in [4.78, 5) is 28.0. The molecule has 2 aromatic heterocycles. The number of hydrogen-bond donors (Lipinski definition) is 3. The standard InChI is InChI=1S/C12H18N8O/c1-12(2,8(13)21)6-16-10-17-9(14-3)18-11(19-10)20-5-4-15-7-20/h4-5,7H,6H2,1-3H3,(H2,13,21)(H2,14,16,17,18,19). The van der Waals surface area contributed by atoms with E-state index in [-0.39, 0.29) is 0 Å².